The maximum absolute atomic E-state index is 6.00. The molecule has 1 fully saturated rings. The number of ether oxygens (including phenoxy) is 3. The van der Waals surface area contributed by atoms with Crippen molar-refractivity contribution in [2.75, 3.05) is 20.3 Å². The van der Waals surface area contributed by atoms with E-state index in [0.717, 1.165) is 30.9 Å². The molecular weight excluding hydrogens is 254 g/mol. The molecule has 0 saturated heterocycles. The monoisotopic (exact) mass is 279 g/mol. The summed E-state index contributed by atoms with van der Waals surface area (Å²) < 4.78 is 17.3. The van der Waals surface area contributed by atoms with Crippen molar-refractivity contribution < 1.29 is 14.2 Å². The highest BCUT2D eigenvalue weighted by Crippen LogP contribution is 2.29. The van der Waals surface area contributed by atoms with Gasteiger partial charge in [0.1, 0.15) is 23.7 Å². The van der Waals surface area contributed by atoms with E-state index in [1.165, 1.54) is 0 Å². The van der Waals surface area contributed by atoms with E-state index in [2.05, 4.69) is 12.2 Å². The van der Waals surface area contributed by atoms with E-state index >= 15 is 0 Å². The zero-order valence-electron chi connectivity index (χ0n) is 12.6. The molecule has 3 atom stereocenters. The van der Waals surface area contributed by atoms with Crippen LogP contribution in [0.2, 0.25) is 0 Å². The number of benzene rings is 1. The highest BCUT2D eigenvalue weighted by Gasteiger charge is 2.42. The topological polar surface area (TPSA) is 39.7 Å². The summed E-state index contributed by atoms with van der Waals surface area (Å²) in [5, 5.41) is 3.28. The minimum Gasteiger partial charge on any atom is -0.494 e. The predicted octanol–water partition coefficient (Wildman–Crippen LogP) is 2.62. The van der Waals surface area contributed by atoms with E-state index in [1.807, 2.05) is 38.2 Å². The summed E-state index contributed by atoms with van der Waals surface area (Å²) in [7, 11) is 1.97. The molecule has 1 N–H and O–H groups in total. The number of nitrogens with one attached hydrogen (secondary N) is 1. The summed E-state index contributed by atoms with van der Waals surface area (Å²) in [5.74, 6) is 1.75. The van der Waals surface area contributed by atoms with E-state index < -0.39 is 0 Å². The predicted molar refractivity (Wildman–Crippen MR) is 79.5 cm³/mol. The van der Waals surface area contributed by atoms with Gasteiger partial charge >= 0.3 is 0 Å². The third kappa shape index (κ3) is 3.64. The van der Waals surface area contributed by atoms with Crippen LogP contribution in [0.3, 0.4) is 0 Å². The molecule has 0 bridgehead atoms. The van der Waals surface area contributed by atoms with Gasteiger partial charge in [0.25, 0.3) is 0 Å². The first kappa shape index (κ1) is 15.1. The van der Waals surface area contributed by atoms with Crippen molar-refractivity contribution in [3.8, 4) is 11.5 Å². The van der Waals surface area contributed by atoms with Gasteiger partial charge < -0.3 is 19.5 Å². The lowest BCUT2D eigenvalue weighted by atomic mass is 9.85. The Labute approximate surface area is 121 Å². The van der Waals surface area contributed by atoms with Crippen molar-refractivity contribution in [2.45, 2.75) is 44.9 Å². The summed E-state index contributed by atoms with van der Waals surface area (Å²) >= 11 is 0. The lowest BCUT2D eigenvalue weighted by Gasteiger charge is -2.43. The summed E-state index contributed by atoms with van der Waals surface area (Å²) in [4.78, 5) is 0. The zero-order chi connectivity index (χ0) is 14.4. The quantitative estimate of drug-likeness (QED) is 0.794. The van der Waals surface area contributed by atoms with Gasteiger partial charge in [0, 0.05) is 19.1 Å². The van der Waals surface area contributed by atoms with Crippen LogP contribution in [0.4, 0.5) is 0 Å². The molecule has 20 heavy (non-hydrogen) atoms. The molecule has 4 heteroatoms. The molecule has 1 aliphatic carbocycles. The number of likely N-dealkylation sites (N-methyl/N-ethyl adjacent to an activating group) is 1. The molecule has 0 aromatic heterocycles. The Morgan fingerprint density at radius 3 is 2.45 bits per heavy atom. The van der Waals surface area contributed by atoms with Crippen LogP contribution in [0, 0.1) is 0 Å². The molecular formula is C16H25NO3. The third-order valence-corrected chi connectivity index (χ3v) is 3.56. The Balaban J connectivity index is 1.88. The fraction of sp³-hybridized carbons (Fsp3) is 0.625. The molecule has 0 radical (unpaired) electrons. The lowest BCUT2D eigenvalue weighted by Crippen LogP contribution is -2.60. The van der Waals surface area contributed by atoms with Crippen LogP contribution in [0.5, 0.6) is 11.5 Å². The molecule has 0 aliphatic heterocycles. The van der Waals surface area contributed by atoms with Crippen LogP contribution in [-0.2, 0) is 4.74 Å². The molecule has 2 rings (SSSR count). The maximum atomic E-state index is 6.00. The fourth-order valence-electron chi connectivity index (χ4n) is 2.41. The Bertz CT molecular complexity index is 393. The minimum atomic E-state index is 0.136. The maximum Gasteiger partial charge on any atom is 0.128 e. The highest BCUT2D eigenvalue weighted by atomic mass is 16.5. The minimum absolute atomic E-state index is 0.136. The van der Waals surface area contributed by atoms with Crippen LogP contribution >= 0.6 is 0 Å². The van der Waals surface area contributed by atoms with Gasteiger partial charge in [-0.3, -0.25) is 0 Å². The van der Waals surface area contributed by atoms with Crippen molar-refractivity contribution in [1.29, 1.82) is 0 Å². The smallest absolute Gasteiger partial charge is 0.128 e. The molecule has 1 aromatic carbocycles. The average molecular weight is 279 g/mol. The Morgan fingerprint density at radius 1 is 1.15 bits per heavy atom. The van der Waals surface area contributed by atoms with Gasteiger partial charge in [-0.1, -0.05) is 6.92 Å². The Kier molecular flexibility index (Phi) is 5.68. The third-order valence-electron chi connectivity index (χ3n) is 3.56. The van der Waals surface area contributed by atoms with E-state index in [0.29, 0.717) is 12.6 Å². The number of hydrogen-bond acceptors (Lipinski definition) is 4. The van der Waals surface area contributed by atoms with E-state index in [-0.39, 0.29) is 12.2 Å². The van der Waals surface area contributed by atoms with Crippen molar-refractivity contribution in [1.82, 2.24) is 5.32 Å². The van der Waals surface area contributed by atoms with Crippen LogP contribution in [0.25, 0.3) is 0 Å². The van der Waals surface area contributed by atoms with Gasteiger partial charge in [-0.2, -0.15) is 0 Å². The van der Waals surface area contributed by atoms with Gasteiger partial charge in [0.05, 0.1) is 6.61 Å². The van der Waals surface area contributed by atoms with Crippen LogP contribution in [0.15, 0.2) is 24.3 Å². The Morgan fingerprint density at radius 2 is 1.85 bits per heavy atom. The first-order chi connectivity index (χ1) is 9.78. The van der Waals surface area contributed by atoms with Crippen LogP contribution in [-0.4, -0.2) is 38.5 Å². The van der Waals surface area contributed by atoms with Crippen LogP contribution in [0.1, 0.15) is 26.7 Å². The Hall–Kier alpha value is -1.26. The van der Waals surface area contributed by atoms with Gasteiger partial charge in [0.15, 0.2) is 0 Å². The van der Waals surface area contributed by atoms with Crippen LogP contribution < -0.4 is 14.8 Å². The van der Waals surface area contributed by atoms with Gasteiger partial charge in [-0.05, 0) is 44.7 Å². The average Bonchev–Trinajstić information content (AvgIpc) is 2.45. The van der Waals surface area contributed by atoms with Gasteiger partial charge in [0.2, 0.25) is 0 Å². The molecule has 0 spiro atoms. The van der Waals surface area contributed by atoms with E-state index in [4.69, 9.17) is 14.2 Å². The van der Waals surface area contributed by atoms with Crippen molar-refractivity contribution in [3.63, 3.8) is 0 Å². The molecule has 1 saturated carbocycles. The lowest BCUT2D eigenvalue weighted by molar-refractivity contribution is -0.106. The van der Waals surface area contributed by atoms with Gasteiger partial charge in [-0.25, -0.2) is 0 Å². The van der Waals surface area contributed by atoms with Gasteiger partial charge in [-0.15, -0.1) is 0 Å². The first-order valence-electron chi connectivity index (χ1n) is 7.46. The molecule has 0 heterocycles. The summed E-state index contributed by atoms with van der Waals surface area (Å²) in [5.41, 5.74) is 0. The molecule has 112 valence electrons. The largest absolute Gasteiger partial charge is 0.494 e. The molecule has 1 aliphatic rings. The van der Waals surface area contributed by atoms with Crippen molar-refractivity contribution in [3.05, 3.63) is 24.3 Å². The van der Waals surface area contributed by atoms with E-state index in [1.54, 1.807) is 0 Å². The first-order valence-corrected chi connectivity index (χ1v) is 7.46. The molecule has 4 nitrogen and oxygen atoms in total. The summed E-state index contributed by atoms with van der Waals surface area (Å²) in [6, 6.07) is 8.18. The SMILES string of the molecule is CCCOC1C(NC)CC1Oc1ccc(OCC)cc1. The fourth-order valence-corrected chi connectivity index (χ4v) is 2.41. The second kappa shape index (κ2) is 7.50. The van der Waals surface area contributed by atoms with E-state index in [9.17, 15) is 0 Å². The summed E-state index contributed by atoms with van der Waals surface area (Å²) in [6.07, 6.45) is 2.30. The summed E-state index contributed by atoms with van der Waals surface area (Å²) in [6.45, 7) is 5.56. The highest BCUT2D eigenvalue weighted by molar-refractivity contribution is 5.31. The molecule has 0 amide bonds. The number of hydrogen-bond donors (Lipinski definition) is 1. The molecule has 3 unspecified atom stereocenters. The standard InChI is InChI=1S/C16H25NO3/c1-4-10-19-16-14(17-3)11-15(16)20-13-8-6-12(7-9-13)18-5-2/h6-9,14-17H,4-5,10-11H2,1-3H3. The zero-order valence-corrected chi connectivity index (χ0v) is 12.6. The van der Waals surface area contributed by atoms with Crippen molar-refractivity contribution >= 4 is 0 Å². The second-order valence-electron chi connectivity index (χ2n) is 5.03. The molecule has 1 aromatic rings. The second-order valence-corrected chi connectivity index (χ2v) is 5.03. The number of rotatable bonds is 8. The van der Waals surface area contributed by atoms with Crippen molar-refractivity contribution in [2.24, 2.45) is 0 Å². The normalized spacial score (nSPS) is 25.1.